The lowest BCUT2D eigenvalue weighted by atomic mass is 10.2. The van der Waals surface area contributed by atoms with Crippen molar-refractivity contribution in [3.63, 3.8) is 0 Å². The van der Waals surface area contributed by atoms with E-state index in [2.05, 4.69) is 11.4 Å². The summed E-state index contributed by atoms with van der Waals surface area (Å²) >= 11 is 1.62. The first kappa shape index (κ1) is 18.8. The van der Waals surface area contributed by atoms with Gasteiger partial charge in [-0.3, -0.25) is 4.79 Å². The molecule has 0 saturated heterocycles. The number of thioether (sulfide) groups is 1. The van der Waals surface area contributed by atoms with Crippen molar-refractivity contribution in [3.8, 4) is 11.8 Å². The number of halogens is 1. The monoisotopic (exact) mass is 358 g/mol. The Morgan fingerprint density at radius 2 is 1.88 bits per heavy atom. The number of ether oxygens (including phenoxy) is 1. The molecule has 4 nitrogen and oxygen atoms in total. The van der Waals surface area contributed by atoms with Gasteiger partial charge in [-0.15, -0.1) is 11.8 Å². The van der Waals surface area contributed by atoms with E-state index < -0.39 is 0 Å². The van der Waals surface area contributed by atoms with Gasteiger partial charge in [0.1, 0.15) is 11.6 Å². The highest BCUT2D eigenvalue weighted by atomic mass is 32.2. The van der Waals surface area contributed by atoms with E-state index in [9.17, 15) is 9.18 Å². The highest BCUT2D eigenvalue weighted by Crippen LogP contribution is 2.18. The molecule has 1 N–H and O–H groups in total. The van der Waals surface area contributed by atoms with Crippen LogP contribution in [0.4, 0.5) is 4.39 Å². The van der Waals surface area contributed by atoms with E-state index in [0.717, 1.165) is 22.6 Å². The van der Waals surface area contributed by atoms with Crippen LogP contribution in [0.15, 0.2) is 53.4 Å². The maximum atomic E-state index is 12.8. The second-order valence-corrected chi connectivity index (χ2v) is 6.44. The van der Waals surface area contributed by atoms with Crippen LogP contribution in [0, 0.1) is 17.1 Å². The summed E-state index contributed by atoms with van der Waals surface area (Å²) in [5, 5.41) is 11.4. The molecule has 2 rings (SSSR count). The molecular weight excluding hydrogens is 339 g/mol. The molecule has 0 saturated carbocycles. The Hall–Kier alpha value is -2.52. The van der Waals surface area contributed by atoms with Crippen LogP contribution in [0.2, 0.25) is 0 Å². The van der Waals surface area contributed by atoms with Crippen LogP contribution < -0.4 is 10.1 Å². The fraction of sp³-hybridized carbons (Fsp3) is 0.263. The number of nitrogens with zero attached hydrogens (tertiary/aromatic N) is 1. The van der Waals surface area contributed by atoms with E-state index in [0.29, 0.717) is 18.7 Å². The average Bonchev–Trinajstić information content (AvgIpc) is 2.63. The number of nitriles is 1. The highest BCUT2D eigenvalue weighted by molar-refractivity contribution is 7.99. The minimum Gasteiger partial charge on any atom is -0.484 e. The zero-order valence-corrected chi connectivity index (χ0v) is 14.5. The average molecular weight is 358 g/mol. The van der Waals surface area contributed by atoms with E-state index in [1.54, 1.807) is 36.0 Å². The summed E-state index contributed by atoms with van der Waals surface area (Å²) in [5.74, 6) is 1.03. The van der Waals surface area contributed by atoms with Crippen LogP contribution in [-0.2, 0) is 11.2 Å². The second-order valence-electron chi connectivity index (χ2n) is 5.27. The first-order valence-electron chi connectivity index (χ1n) is 7.91. The third-order valence-corrected chi connectivity index (χ3v) is 4.40. The fourth-order valence-electron chi connectivity index (χ4n) is 2.02. The third-order valence-electron chi connectivity index (χ3n) is 3.30. The largest absolute Gasteiger partial charge is 0.484 e. The summed E-state index contributed by atoms with van der Waals surface area (Å²) in [6.07, 6.45) is 1.17. The maximum absolute atomic E-state index is 12.8. The van der Waals surface area contributed by atoms with Gasteiger partial charge < -0.3 is 10.1 Å². The van der Waals surface area contributed by atoms with Gasteiger partial charge in [0, 0.05) is 11.4 Å². The topological polar surface area (TPSA) is 62.1 Å². The van der Waals surface area contributed by atoms with Crippen molar-refractivity contribution >= 4 is 17.7 Å². The molecule has 0 fully saturated rings. The minimum absolute atomic E-state index is 0.0390. The molecule has 0 spiro atoms. The Kier molecular flexibility index (Phi) is 7.80. The normalized spacial score (nSPS) is 10.1. The third kappa shape index (κ3) is 7.27. The zero-order valence-electron chi connectivity index (χ0n) is 13.7. The molecule has 1 amide bonds. The van der Waals surface area contributed by atoms with Gasteiger partial charge in [-0.05, 0) is 54.1 Å². The first-order valence-corrected chi connectivity index (χ1v) is 8.89. The molecule has 25 heavy (non-hydrogen) atoms. The molecule has 0 unspecified atom stereocenters. The molecular formula is C19H19FN2O2S. The predicted molar refractivity (Wildman–Crippen MR) is 96.0 cm³/mol. The van der Waals surface area contributed by atoms with Gasteiger partial charge >= 0.3 is 0 Å². The van der Waals surface area contributed by atoms with Crippen LogP contribution >= 0.6 is 11.8 Å². The highest BCUT2D eigenvalue weighted by Gasteiger charge is 2.03. The van der Waals surface area contributed by atoms with Gasteiger partial charge in [0.2, 0.25) is 0 Å². The van der Waals surface area contributed by atoms with Gasteiger partial charge in [-0.25, -0.2) is 4.39 Å². The van der Waals surface area contributed by atoms with Crippen molar-refractivity contribution in [2.24, 2.45) is 0 Å². The van der Waals surface area contributed by atoms with Crippen molar-refractivity contribution in [2.75, 3.05) is 18.9 Å². The summed E-state index contributed by atoms with van der Waals surface area (Å²) in [7, 11) is 0. The predicted octanol–water partition coefficient (Wildman–Crippen LogP) is 3.57. The van der Waals surface area contributed by atoms with E-state index in [4.69, 9.17) is 10.00 Å². The van der Waals surface area contributed by atoms with Crippen molar-refractivity contribution < 1.29 is 13.9 Å². The Bertz CT molecular complexity index is 712. The number of carbonyl (C=O) groups is 1. The van der Waals surface area contributed by atoms with Crippen LogP contribution in [0.3, 0.4) is 0 Å². The zero-order chi connectivity index (χ0) is 17.9. The molecule has 2 aromatic rings. The second kappa shape index (κ2) is 10.4. The van der Waals surface area contributed by atoms with Gasteiger partial charge in [-0.2, -0.15) is 5.26 Å². The number of rotatable bonds is 9. The molecule has 0 aromatic heterocycles. The lowest BCUT2D eigenvalue weighted by Crippen LogP contribution is -2.29. The summed E-state index contributed by atoms with van der Waals surface area (Å²) in [4.78, 5) is 12.7. The van der Waals surface area contributed by atoms with Gasteiger partial charge in [-0.1, -0.05) is 12.1 Å². The Labute approximate surface area is 151 Å². The number of hydrogen-bond acceptors (Lipinski definition) is 4. The number of hydrogen-bond donors (Lipinski definition) is 1. The lowest BCUT2D eigenvalue weighted by Gasteiger charge is -2.08. The van der Waals surface area contributed by atoms with Crippen LogP contribution in [0.25, 0.3) is 0 Å². The minimum atomic E-state index is -0.240. The standard InChI is InChI=1S/C19H19FN2O2S/c20-16-4-8-18(9-5-16)25-13-1-12-22-19(23)14-24-17-6-2-15(3-7-17)10-11-21/h2-9H,1,10,12-14H2,(H,22,23). The van der Waals surface area contributed by atoms with Gasteiger partial charge in [0.25, 0.3) is 5.91 Å². The molecule has 0 aliphatic heterocycles. The molecule has 0 aliphatic rings. The number of amides is 1. The fourth-order valence-corrected chi connectivity index (χ4v) is 2.87. The summed E-state index contributed by atoms with van der Waals surface area (Å²) in [6.45, 7) is 0.528. The smallest absolute Gasteiger partial charge is 0.257 e. The first-order chi connectivity index (χ1) is 12.2. The summed E-state index contributed by atoms with van der Waals surface area (Å²) in [5.41, 5.74) is 0.915. The van der Waals surface area contributed by atoms with Crippen molar-refractivity contribution in [1.29, 1.82) is 5.26 Å². The molecule has 0 aliphatic carbocycles. The van der Waals surface area contributed by atoms with E-state index >= 15 is 0 Å². The molecule has 2 aromatic carbocycles. The molecule has 0 heterocycles. The molecule has 0 radical (unpaired) electrons. The Balaban J connectivity index is 1.57. The van der Waals surface area contributed by atoms with E-state index in [1.165, 1.54) is 12.1 Å². The van der Waals surface area contributed by atoms with Crippen LogP contribution in [-0.4, -0.2) is 24.8 Å². The lowest BCUT2D eigenvalue weighted by molar-refractivity contribution is -0.123. The Morgan fingerprint density at radius 1 is 1.16 bits per heavy atom. The van der Waals surface area contributed by atoms with Crippen molar-refractivity contribution in [3.05, 3.63) is 59.9 Å². The van der Waals surface area contributed by atoms with Crippen LogP contribution in [0.5, 0.6) is 5.75 Å². The Morgan fingerprint density at radius 3 is 2.56 bits per heavy atom. The quantitative estimate of drug-likeness (QED) is 0.550. The summed E-state index contributed by atoms with van der Waals surface area (Å²) in [6, 6.07) is 15.6. The van der Waals surface area contributed by atoms with Crippen LogP contribution in [0.1, 0.15) is 12.0 Å². The van der Waals surface area contributed by atoms with Gasteiger partial charge in [0.05, 0.1) is 12.5 Å². The molecule has 130 valence electrons. The molecule has 0 atom stereocenters. The number of nitrogens with one attached hydrogen (secondary N) is 1. The van der Waals surface area contributed by atoms with Crippen molar-refractivity contribution in [2.45, 2.75) is 17.7 Å². The number of benzene rings is 2. The van der Waals surface area contributed by atoms with Gasteiger partial charge in [0.15, 0.2) is 6.61 Å². The SMILES string of the molecule is N#CCc1ccc(OCC(=O)NCCCSc2ccc(F)cc2)cc1. The maximum Gasteiger partial charge on any atom is 0.257 e. The summed E-state index contributed by atoms with van der Waals surface area (Å²) < 4.78 is 18.2. The molecule has 0 bridgehead atoms. The van der Waals surface area contributed by atoms with Crippen molar-refractivity contribution in [1.82, 2.24) is 5.32 Å². The number of carbonyl (C=O) groups excluding carboxylic acids is 1. The van der Waals surface area contributed by atoms with E-state index in [1.807, 2.05) is 12.1 Å². The molecule has 6 heteroatoms. The van der Waals surface area contributed by atoms with E-state index in [-0.39, 0.29) is 18.3 Å².